The summed E-state index contributed by atoms with van der Waals surface area (Å²) in [5.74, 6) is 0.645. The average Bonchev–Trinajstić information content (AvgIpc) is 2.61. The number of hydrogen-bond acceptors (Lipinski definition) is 4. The van der Waals surface area contributed by atoms with Crippen LogP contribution in [0.2, 0.25) is 0 Å². The molecule has 0 aliphatic rings. The Morgan fingerprint density at radius 1 is 1.16 bits per heavy atom. The molecular weight excluding hydrogens is 316 g/mol. The van der Waals surface area contributed by atoms with Gasteiger partial charge in [0, 0.05) is 23.4 Å². The first-order valence-corrected chi connectivity index (χ1v) is 8.16. The Labute approximate surface area is 148 Å². The van der Waals surface area contributed by atoms with E-state index in [4.69, 9.17) is 4.74 Å². The van der Waals surface area contributed by atoms with E-state index in [0.717, 1.165) is 11.3 Å². The molecule has 0 heterocycles. The van der Waals surface area contributed by atoms with Gasteiger partial charge in [-0.1, -0.05) is 30.3 Å². The molecule has 0 aliphatic carbocycles. The number of nitrogens with one attached hydrogen (secondary N) is 1. The highest BCUT2D eigenvalue weighted by atomic mass is 16.5. The lowest BCUT2D eigenvalue weighted by Gasteiger charge is -2.24. The predicted octanol–water partition coefficient (Wildman–Crippen LogP) is 3.36. The summed E-state index contributed by atoms with van der Waals surface area (Å²) in [6, 6.07) is 14.4. The fourth-order valence-electron chi connectivity index (χ4n) is 2.50. The number of carbonyl (C=O) groups excluding carboxylic acids is 2. The van der Waals surface area contributed by atoms with Crippen LogP contribution in [0.1, 0.15) is 29.8 Å². The number of amides is 1. The van der Waals surface area contributed by atoms with Crippen LogP contribution in [-0.2, 0) is 11.3 Å². The summed E-state index contributed by atoms with van der Waals surface area (Å²) in [6.45, 7) is 3.94. The highest BCUT2D eigenvalue weighted by Gasteiger charge is 2.19. The van der Waals surface area contributed by atoms with Crippen LogP contribution in [0, 0.1) is 0 Å². The lowest BCUT2D eigenvalue weighted by Crippen LogP contribution is -2.39. The molecule has 0 saturated heterocycles. The highest BCUT2D eigenvalue weighted by molar-refractivity contribution is 5.98. The molecule has 5 heteroatoms. The summed E-state index contributed by atoms with van der Waals surface area (Å²) >= 11 is 0. The number of para-hydroxylation sites is 1. The third kappa shape index (κ3) is 4.90. The van der Waals surface area contributed by atoms with Crippen molar-refractivity contribution >= 4 is 17.4 Å². The first kappa shape index (κ1) is 18.7. The number of methoxy groups -OCH3 is 1. The summed E-state index contributed by atoms with van der Waals surface area (Å²) in [6.07, 6.45) is 0. The van der Waals surface area contributed by atoms with Crippen molar-refractivity contribution in [1.82, 2.24) is 4.90 Å². The van der Waals surface area contributed by atoms with E-state index in [9.17, 15) is 9.59 Å². The van der Waals surface area contributed by atoms with E-state index < -0.39 is 0 Å². The quantitative estimate of drug-likeness (QED) is 0.785. The Morgan fingerprint density at radius 3 is 2.56 bits per heavy atom. The lowest BCUT2D eigenvalue weighted by molar-refractivity contribution is -0.120. The standard InChI is InChI=1S/C20H24N2O3/c1-14(22(3)13-17-8-5-6-11-19(17)25-4)20(24)21-18-10-7-9-16(12-18)15(2)23/h5-12,14H,13H2,1-4H3,(H,21,24)/t14-/m1/s1. The fraction of sp³-hybridized carbons (Fsp3) is 0.300. The van der Waals surface area contributed by atoms with Gasteiger partial charge in [0.2, 0.25) is 5.91 Å². The van der Waals surface area contributed by atoms with E-state index in [-0.39, 0.29) is 17.7 Å². The molecule has 0 radical (unpaired) electrons. The molecule has 0 fully saturated rings. The molecule has 1 atom stereocenters. The summed E-state index contributed by atoms with van der Waals surface area (Å²) in [5.41, 5.74) is 2.22. The highest BCUT2D eigenvalue weighted by Crippen LogP contribution is 2.20. The maximum atomic E-state index is 12.5. The van der Waals surface area contributed by atoms with Crippen LogP contribution in [-0.4, -0.2) is 36.8 Å². The van der Waals surface area contributed by atoms with E-state index >= 15 is 0 Å². The number of rotatable bonds is 7. The first-order chi connectivity index (χ1) is 11.9. The smallest absolute Gasteiger partial charge is 0.241 e. The minimum Gasteiger partial charge on any atom is -0.496 e. The molecule has 132 valence electrons. The van der Waals surface area contributed by atoms with Crippen LogP contribution in [0.25, 0.3) is 0 Å². The Hall–Kier alpha value is -2.66. The number of likely N-dealkylation sites (N-methyl/N-ethyl adjacent to an activating group) is 1. The van der Waals surface area contributed by atoms with Crippen LogP contribution in [0.15, 0.2) is 48.5 Å². The molecule has 0 bridgehead atoms. The molecule has 0 spiro atoms. The molecule has 2 aromatic carbocycles. The van der Waals surface area contributed by atoms with Crippen molar-refractivity contribution in [1.29, 1.82) is 0 Å². The van der Waals surface area contributed by atoms with Gasteiger partial charge in [-0.3, -0.25) is 14.5 Å². The normalized spacial score (nSPS) is 11.9. The number of carbonyl (C=O) groups is 2. The number of ketones is 1. The van der Waals surface area contributed by atoms with Crippen LogP contribution in [0.3, 0.4) is 0 Å². The van der Waals surface area contributed by atoms with Gasteiger partial charge in [-0.05, 0) is 39.1 Å². The molecule has 2 rings (SSSR count). The number of anilines is 1. The Kier molecular flexibility index (Phi) is 6.31. The first-order valence-electron chi connectivity index (χ1n) is 8.16. The monoisotopic (exact) mass is 340 g/mol. The van der Waals surface area contributed by atoms with E-state index in [1.54, 1.807) is 31.4 Å². The van der Waals surface area contributed by atoms with Crippen molar-refractivity contribution < 1.29 is 14.3 Å². The topological polar surface area (TPSA) is 58.6 Å². The van der Waals surface area contributed by atoms with Crippen molar-refractivity contribution in [2.75, 3.05) is 19.5 Å². The third-order valence-electron chi connectivity index (χ3n) is 4.19. The number of ether oxygens (including phenoxy) is 1. The zero-order chi connectivity index (χ0) is 18.4. The van der Waals surface area contributed by atoms with E-state index in [1.165, 1.54) is 6.92 Å². The largest absolute Gasteiger partial charge is 0.496 e. The Bertz CT molecular complexity index is 758. The summed E-state index contributed by atoms with van der Waals surface area (Å²) in [4.78, 5) is 25.9. The maximum Gasteiger partial charge on any atom is 0.241 e. The molecular formula is C20H24N2O3. The molecule has 0 aliphatic heterocycles. The molecule has 5 nitrogen and oxygen atoms in total. The summed E-state index contributed by atoms with van der Waals surface area (Å²) < 4.78 is 5.36. The maximum absolute atomic E-state index is 12.5. The second-order valence-electron chi connectivity index (χ2n) is 6.03. The number of hydrogen-bond donors (Lipinski definition) is 1. The van der Waals surface area contributed by atoms with Gasteiger partial charge in [0.1, 0.15) is 5.75 Å². The minimum absolute atomic E-state index is 0.0301. The van der Waals surface area contributed by atoms with Crippen molar-refractivity contribution in [3.05, 3.63) is 59.7 Å². The van der Waals surface area contributed by atoms with Gasteiger partial charge in [0.05, 0.1) is 13.2 Å². The van der Waals surface area contributed by atoms with E-state index in [2.05, 4.69) is 5.32 Å². The molecule has 1 amide bonds. The fourth-order valence-corrected chi connectivity index (χ4v) is 2.50. The van der Waals surface area contributed by atoms with Gasteiger partial charge >= 0.3 is 0 Å². The Morgan fingerprint density at radius 2 is 1.88 bits per heavy atom. The van der Waals surface area contributed by atoms with Gasteiger partial charge in [0.15, 0.2) is 5.78 Å². The van der Waals surface area contributed by atoms with Crippen molar-refractivity contribution in [2.45, 2.75) is 26.4 Å². The molecule has 0 aromatic heterocycles. The van der Waals surface area contributed by atoms with Crippen molar-refractivity contribution in [2.24, 2.45) is 0 Å². The van der Waals surface area contributed by atoms with Crippen LogP contribution >= 0.6 is 0 Å². The van der Waals surface area contributed by atoms with Crippen molar-refractivity contribution in [3.8, 4) is 5.75 Å². The third-order valence-corrected chi connectivity index (χ3v) is 4.19. The summed E-state index contributed by atoms with van der Waals surface area (Å²) in [5, 5.41) is 2.87. The van der Waals surface area contributed by atoms with Gasteiger partial charge in [-0.25, -0.2) is 0 Å². The Balaban J connectivity index is 2.03. The zero-order valence-corrected chi connectivity index (χ0v) is 15.1. The molecule has 2 aromatic rings. The average molecular weight is 340 g/mol. The lowest BCUT2D eigenvalue weighted by atomic mass is 10.1. The predicted molar refractivity (Wildman–Crippen MR) is 99.0 cm³/mol. The van der Waals surface area contributed by atoms with E-state index in [0.29, 0.717) is 17.8 Å². The van der Waals surface area contributed by atoms with E-state index in [1.807, 2.05) is 43.1 Å². The number of benzene rings is 2. The van der Waals surface area contributed by atoms with Crippen LogP contribution in [0.5, 0.6) is 5.75 Å². The van der Waals surface area contributed by atoms with Gasteiger partial charge in [-0.15, -0.1) is 0 Å². The minimum atomic E-state index is -0.342. The van der Waals surface area contributed by atoms with Gasteiger partial charge in [0.25, 0.3) is 0 Å². The van der Waals surface area contributed by atoms with Gasteiger partial charge < -0.3 is 10.1 Å². The number of Topliss-reactive ketones (excluding diaryl/α,β-unsaturated/α-hetero) is 1. The second-order valence-corrected chi connectivity index (χ2v) is 6.03. The SMILES string of the molecule is COc1ccccc1CN(C)[C@H](C)C(=O)Nc1cccc(C(C)=O)c1. The molecule has 25 heavy (non-hydrogen) atoms. The number of nitrogens with zero attached hydrogens (tertiary/aromatic N) is 1. The van der Waals surface area contributed by atoms with Crippen molar-refractivity contribution in [3.63, 3.8) is 0 Å². The van der Waals surface area contributed by atoms with Crippen LogP contribution in [0.4, 0.5) is 5.69 Å². The second kappa shape index (κ2) is 8.44. The molecule has 1 N–H and O–H groups in total. The molecule has 0 saturated carbocycles. The van der Waals surface area contributed by atoms with Crippen LogP contribution < -0.4 is 10.1 Å². The van der Waals surface area contributed by atoms with Gasteiger partial charge in [-0.2, -0.15) is 0 Å². The molecule has 0 unspecified atom stereocenters. The summed E-state index contributed by atoms with van der Waals surface area (Å²) in [7, 11) is 3.53. The zero-order valence-electron chi connectivity index (χ0n) is 15.1.